The fourth-order valence-electron chi connectivity index (χ4n) is 3.84. The van der Waals surface area contributed by atoms with Crippen LogP contribution in [0.2, 0.25) is 0 Å². The Hall–Kier alpha value is -1.01. The van der Waals surface area contributed by atoms with Crippen LogP contribution >= 0.6 is 0 Å². The smallest absolute Gasteiger partial charge is 0.241 e. The summed E-state index contributed by atoms with van der Waals surface area (Å²) >= 11 is 0. The molecule has 3 atom stereocenters. The van der Waals surface area contributed by atoms with Gasteiger partial charge in [0.2, 0.25) is 5.03 Å². The van der Waals surface area contributed by atoms with E-state index >= 15 is 0 Å². The van der Waals surface area contributed by atoms with Crippen molar-refractivity contribution in [1.29, 1.82) is 0 Å². The lowest BCUT2D eigenvalue weighted by Crippen LogP contribution is -2.52. The number of halogens is 1. The van der Waals surface area contributed by atoms with Gasteiger partial charge >= 0.3 is 0 Å². The van der Waals surface area contributed by atoms with Gasteiger partial charge in [0, 0.05) is 18.8 Å². The lowest BCUT2D eigenvalue weighted by Gasteiger charge is -2.46. The molecule has 2 heterocycles. The minimum absolute atomic E-state index is 0.00825. The second kappa shape index (κ2) is 5.65. The molecule has 1 saturated heterocycles. The van der Waals surface area contributed by atoms with Gasteiger partial charge in [-0.3, -0.25) is 0 Å². The summed E-state index contributed by atoms with van der Waals surface area (Å²) in [5, 5.41) is -0.427. The van der Waals surface area contributed by atoms with Crippen molar-refractivity contribution in [3.63, 3.8) is 0 Å². The van der Waals surface area contributed by atoms with E-state index in [0.717, 1.165) is 38.2 Å². The molecular weight excluding hydrogens is 291 g/mol. The van der Waals surface area contributed by atoms with Crippen molar-refractivity contribution in [3.05, 3.63) is 24.1 Å². The quantitative estimate of drug-likeness (QED) is 0.844. The third-order valence-corrected chi connectivity index (χ3v) is 6.82. The molecule has 2 fully saturated rings. The van der Waals surface area contributed by atoms with Crippen molar-refractivity contribution >= 4 is 10.0 Å². The Balaban J connectivity index is 1.97. The van der Waals surface area contributed by atoms with Crippen molar-refractivity contribution in [3.8, 4) is 0 Å². The molecule has 1 aromatic heterocycles. The molecule has 1 aromatic rings. The van der Waals surface area contributed by atoms with Crippen molar-refractivity contribution in [1.82, 2.24) is 9.29 Å². The van der Waals surface area contributed by atoms with Crippen LogP contribution in [0, 0.1) is 17.7 Å². The fourth-order valence-corrected chi connectivity index (χ4v) is 5.54. The van der Waals surface area contributed by atoms with E-state index in [1.165, 1.54) is 16.6 Å². The Labute approximate surface area is 125 Å². The van der Waals surface area contributed by atoms with Crippen molar-refractivity contribution in [2.24, 2.45) is 11.8 Å². The van der Waals surface area contributed by atoms with Gasteiger partial charge in [-0.15, -0.1) is 0 Å². The topological polar surface area (TPSA) is 50.3 Å². The summed E-state index contributed by atoms with van der Waals surface area (Å²) in [5.74, 6) is 0.174. The zero-order valence-corrected chi connectivity index (χ0v) is 13.0. The van der Waals surface area contributed by atoms with Crippen molar-refractivity contribution < 1.29 is 12.8 Å². The van der Waals surface area contributed by atoms with Gasteiger partial charge in [-0.1, -0.05) is 19.8 Å². The van der Waals surface area contributed by atoms with Gasteiger partial charge in [0.25, 0.3) is 10.0 Å². The maximum absolute atomic E-state index is 13.9. The highest BCUT2D eigenvalue weighted by Gasteiger charge is 2.43. The van der Waals surface area contributed by atoms with E-state index in [4.69, 9.17) is 0 Å². The summed E-state index contributed by atoms with van der Waals surface area (Å²) in [6.45, 7) is 2.68. The van der Waals surface area contributed by atoms with E-state index in [1.54, 1.807) is 0 Å². The van der Waals surface area contributed by atoms with E-state index in [9.17, 15) is 12.8 Å². The average molecular weight is 312 g/mol. The second-order valence-electron chi connectivity index (χ2n) is 6.19. The summed E-state index contributed by atoms with van der Waals surface area (Å²) < 4.78 is 41.0. The Morgan fingerprint density at radius 1 is 1.29 bits per heavy atom. The number of fused-ring (bicyclic) bond motifs is 1. The van der Waals surface area contributed by atoms with Gasteiger partial charge in [-0.2, -0.15) is 4.31 Å². The lowest BCUT2D eigenvalue weighted by molar-refractivity contribution is 0.0823. The molecule has 0 N–H and O–H groups in total. The number of sulfonamides is 1. The van der Waals surface area contributed by atoms with Crippen LogP contribution in [-0.2, 0) is 10.0 Å². The highest BCUT2D eigenvalue weighted by Crippen LogP contribution is 2.40. The van der Waals surface area contributed by atoms with Crippen LogP contribution in [0.25, 0.3) is 0 Å². The second-order valence-corrected chi connectivity index (χ2v) is 7.99. The van der Waals surface area contributed by atoms with E-state index in [2.05, 4.69) is 11.9 Å². The van der Waals surface area contributed by atoms with E-state index in [-0.39, 0.29) is 6.04 Å². The largest absolute Gasteiger partial charge is 0.263 e. The van der Waals surface area contributed by atoms with E-state index in [0.29, 0.717) is 18.4 Å². The Bertz CT molecular complexity index is 620. The first-order valence-electron chi connectivity index (χ1n) is 7.64. The van der Waals surface area contributed by atoms with Crippen LogP contribution in [0.3, 0.4) is 0 Å². The van der Waals surface area contributed by atoms with Gasteiger partial charge < -0.3 is 0 Å². The summed E-state index contributed by atoms with van der Waals surface area (Å²) in [6.07, 6.45) is 6.34. The number of aromatic nitrogens is 1. The first-order valence-corrected chi connectivity index (χ1v) is 9.08. The SMILES string of the molecule is CC1CCN(S(=O)(=O)c2ncccc2F)C2CCCCC12. The molecule has 2 aliphatic rings. The Kier molecular flexibility index (Phi) is 4.01. The molecule has 0 spiro atoms. The van der Waals surface area contributed by atoms with Crippen LogP contribution in [0.5, 0.6) is 0 Å². The molecule has 4 nitrogen and oxygen atoms in total. The number of nitrogens with zero attached hydrogens (tertiary/aromatic N) is 2. The zero-order valence-electron chi connectivity index (χ0n) is 12.2. The van der Waals surface area contributed by atoms with Gasteiger partial charge in [0.05, 0.1) is 0 Å². The van der Waals surface area contributed by atoms with Gasteiger partial charge in [0.15, 0.2) is 5.82 Å². The molecule has 0 bridgehead atoms. The normalized spacial score (nSPS) is 30.9. The lowest BCUT2D eigenvalue weighted by atomic mass is 9.74. The summed E-state index contributed by atoms with van der Waals surface area (Å²) in [6, 6.07) is 2.58. The minimum Gasteiger partial charge on any atom is -0.241 e. The molecule has 0 aromatic carbocycles. The highest BCUT2D eigenvalue weighted by atomic mass is 32.2. The predicted molar refractivity (Wildman–Crippen MR) is 77.6 cm³/mol. The Morgan fingerprint density at radius 3 is 2.81 bits per heavy atom. The first kappa shape index (κ1) is 14.9. The van der Waals surface area contributed by atoms with Crippen LogP contribution in [0.1, 0.15) is 39.0 Å². The molecule has 3 rings (SSSR count). The number of pyridine rings is 1. The van der Waals surface area contributed by atoms with Crippen LogP contribution in [0.4, 0.5) is 4.39 Å². The average Bonchev–Trinajstić information content (AvgIpc) is 2.48. The number of hydrogen-bond donors (Lipinski definition) is 0. The van der Waals surface area contributed by atoms with Crippen LogP contribution in [0.15, 0.2) is 23.4 Å². The molecule has 3 unspecified atom stereocenters. The first-order chi connectivity index (χ1) is 10.0. The molecule has 6 heteroatoms. The standard InChI is InChI=1S/C15H21FN2O2S/c1-11-8-10-18(14-7-3-2-5-12(11)14)21(19,20)15-13(16)6-4-9-17-15/h4,6,9,11-12,14H,2-3,5,7-8,10H2,1H3. The molecule has 1 aliphatic heterocycles. The molecule has 21 heavy (non-hydrogen) atoms. The molecular formula is C15H21FN2O2S. The van der Waals surface area contributed by atoms with E-state index < -0.39 is 20.9 Å². The molecule has 1 saturated carbocycles. The highest BCUT2D eigenvalue weighted by molar-refractivity contribution is 7.89. The van der Waals surface area contributed by atoms with Crippen molar-refractivity contribution in [2.75, 3.05) is 6.54 Å². The summed E-state index contributed by atoms with van der Waals surface area (Å²) in [7, 11) is -3.84. The van der Waals surface area contributed by atoms with Gasteiger partial charge in [0.1, 0.15) is 0 Å². The van der Waals surface area contributed by atoms with Crippen LogP contribution < -0.4 is 0 Å². The monoisotopic (exact) mass is 312 g/mol. The number of hydrogen-bond acceptors (Lipinski definition) is 3. The van der Waals surface area contributed by atoms with Crippen LogP contribution in [-0.4, -0.2) is 30.3 Å². The van der Waals surface area contributed by atoms with Gasteiger partial charge in [-0.05, 0) is 43.2 Å². The fraction of sp³-hybridized carbons (Fsp3) is 0.667. The maximum atomic E-state index is 13.9. The number of piperidine rings is 1. The van der Waals surface area contributed by atoms with E-state index in [1.807, 2.05) is 0 Å². The van der Waals surface area contributed by atoms with Gasteiger partial charge in [-0.25, -0.2) is 17.8 Å². The Morgan fingerprint density at radius 2 is 2.05 bits per heavy atom. The molecule has 0 radical (unpaired) electrons. The molecule has 116 valence electrons. The summed E-state index contributed by atoms with van der Waals surface area (Å²) in [4.78, 5) is 3.78. The zero-order chi connectivity index (χ0) is 15.0. The minimum atomic E-state index is -3.84. The molecule has 0 amide bonds. The maximum Gasteiger partial charge on any atom is 0.263 e. The number of rotatable bonds is 2. The third kappa shape index (κ3) is 2.59. The third-order valence-electron chi connectivity index (χ3n) is 4.96. The van der Waals surface area contributed by atoms with Crippen molar-refractivity contribution in [2.45, 2.75) is 50.1 Å². The summed E-state index contributed by atoms with van der Waals surface area (Å²) in [5.41, 5.74) is 0. The molecule has 1 aliphatic carbocycles. The predicted octanol–water partition coefficient (Wildman–Crippen LogP) is 2.81.